The lowest BCUT2D eigenvalue weighted by Crippen LogP contribution is -2.43. The SMILES string of the molecule is CCCCc1cn(C2CNC2)c2cc(-c3cc(C(=O)OC)ccn3)ncc12. The Hall–Kier alpha value is -2.73. The molecule has 1 N–H and O–H groups in total. The van der Waals surface area contributed by atoms with Gasteiger partial charge >= 0.3 is 5.97 Å². The highest BCUT2D eigenvalue weighted by Crippen LogP contribution is 2.30. The second-order valence-electron chi connectivity index (χ2n) is 6.99. The molecule has 1 fully saturated rings. The van der Waals surface area contributed by atoms with E-state index in [1.54, 1.807) is 18.3 Å². The van der Waals surface area contributed by atoms with Crippen molar-refractivity contribution in [1.82, 2.24) is 19.9 Å². The van der Waals surface area contributed by atoms with Gasteiger partial charge in [0.2, 0.25) is 0 Å². The van der Waals surface area contributed by atoms with E-state index in [0.29, 0.717) is 17.3 Å². The van der Waals surface area contributed by atoms with Crippen LogP contribution in [0.1, 0.15) is 41.7 Å². The van der Waals surface area contributed by atoms with E-state index in [-0.39, 0.29) is 5.97 Å². The second kappa shape index (κ2) is 7.48. The molecule has 0 radical (unpaired) electrons. The summed E-state index contributed by atoms with van der Waals surface area (Å²) in [4.78, 5) is 20.9. The van der Waals surface area contributed by atoms with Gasteiger partial charge in [0.25, 0.3) is 0 Å². The van der Waals surface area contributed by atoms with Crippen molar-refractivity contribution in [3.63, 3.8) is 0 Å². The normalized spacial score (nSPS) is 14.3. The summed E-state index contributed by atoms with van der Waals surface area (Å²) in [6.07, 6.45) is 9.27. The Morgan fingerprint density at radius 2 is 2.11 bits per heavy atom. The first-order valence-electron chi connectivity index (χ1n) is 9.46. The Balaban J connectivity index is 1.78. The zero-order valence-electron chi connectivity index (χ0n) is 15.7. The molecule has 140 valence electrons. The van der Waals surface area contributed by atoms with Gasteiger partial charge in [-0.3, -0.25) is 9.97 Å². The molecule has 0 spiro atoms. The van der Waals surface area contributed by atoms with Crippen molar-refractivity contribution in [3.05, 3.63) is 47.9 Å². The van der Waals surface area contributed by atoms with E-state index in [9.17, 15) is 4.79 Å². The first-order chi connectivity index (χ1) is 13.2. The molecule has 4 heterocycles. The number of esters is 1. The molecule has 0 aromatic carbocycles. The summed E-state index contributed by atoms with van der Waals surface area (Å²) >= 11 is 0. The predicted molar refractivity (Wildman–Crippen MR) is 105 cm³/mol. The smallest absolute Gasteiger partial charge is 0.337 e. The fraction of sp³-hybridized carbons (Fsp3) is 0.381. The van der Waals surface area contributed by atoms with Crippen LogP contribution in [-0.2, 0) is 11.2 Å². The molecule has 1 aliphatic rings. The molecule has 0 saturated carbocycles. The van der Waals surface area contributed by atoms with Crippen molar-refractivity contribution in [2.24, 2.45) is 0 Å². The minimum absolute atomic E-state index is 0.370. The number of methoxy groups -OCH3 is 1. The fourth-order valence-corrected chi connectivity index (χ4v) is 3.51. The minimum Gasteiger partial charge on any atom is -0.465 e. The Bertz CT molecular complexity index is 975. The van der Waals surface area contributed by atoms with Gasteiger partial charge < -0.3 is 14.6 Å². The standard InChI is InChI=1S/C21H24N4O2/c1-3-4-5-15-13-25(16-10-22-11-16)20-9-19(24-12-17(15)20)18-8-14(6-7-23-18)21(26)27-2/h6-9,12-13,16,22H,3-5,10-11H2,1-2H3. The predicted octanol–water partition coefficient (Wildman–Crippen LogP) is 3.37. The maximum Gasteiger partial charge on any atom is 0.337 e. The number of carbonyl (C=O) groups excluding carboxylic acids is 1. The van der Waals surface area contributed by atoms with Crippen LogP contribution in [0.25, 0.3) is 22.3 Å². The first kappa shape index (κ1) is 17.7. The number of hydrogen-bond acceptors (Lipinski definition) is 5. The number of aryl methyl sites for hydroxylation is 1. The maximum absolute atomic E-state index is 11.8. The molecule has 0 unspecified atom stereocenters. The number of unbranched alkanes of at least 4 members (excludes halogenated alkanes) is 1. The fourth-order valence-electron chi connectivity index (χ4n) is 3.51. The van der Waals surface area contributed by atoms with Crippen LogP contribution in [0.15, 0.2) is 36.8 Å². The van der Waals surface area contributed by atoms with Gasteiger partial charge in [-0.05, 0) is 36.6 Å². The number of nitrogens with one attached hydrogen (secondary N) is 1. The van der Waals surface area contributed by atoms with E-state index in [0.717, 1.165) is 25.2 Å². The summed E-state index contributed by atoms with van der Waals surface area (Å²) in [7, 11) is 1.38. The average molecular weight is 364 g/mol. The zero-order chi connectivity index (χ0) is 18.8. The zero-order valence-corrected chi connectivity index (χ0v) is 15.7. The number of nitrogens with zero attached hydrogens (tertiary/aromatic N) is 3. The van der Waals surface area contributed by atoms with E-state index in [1.165, 1.54) is 36.4 Å². The van der Waals surface area contributed by atoms with Gasteiger partial charge in [0.15, 0.2) is 0 Å². The molecule has 4 rings (SSSR count). The highest BCUT2D eigenvalue weighted by atomic mass is 16.5. The summed E-state index contributed by atoms with van der Waals surface area (Å²) in [5.74, 6) is -0.370. The van der Waals surface area contributed by atoms with Crippen LogP contribution in [-0.4, -0.2) is 40.7 Å². The molecule has 0 amide bonds. The van der Waals surface area contributed by atoms with Gasteiger partial charge in [-0.1, -0.05) is 13.3 Å². The van der Waals surface area contributed by atoms with Gasteiger partial charge in [0, 0.05) is 37.1 Å². The van der Waals surface area contributed by atoms with Crippen LogP contribution < -0.4 is 5.32 Å². The highest BCUT2D eigenvalue weighted by Gasteiger charge is 2.22. The van der Waals surface area contributed by atoms with Gasteiger partial charge in [-0.2, -0.15) is 0 Å². The second-order valence-corrected chi connectivity index (χ2v) is 6.99. The highest BCUT2D eigenvalue weighted by molar-refractivity contribution is 5.91. The topological polar surface area (TPSA) is 69.0 Å². The number of fused-ring (bicyclic) bond motifs is 1. The number of carbonyl (C=O) groups is 1. The molecule has 3 aromatic heterocycles. The van der Waals surface area contributed by atoms with Crippen LogP contribution in [0.2, 0.25) is 0 Å². The lowest BCUT2D eigenvalue weighted by molar-refractivity contribution is 0.0600. The molecule has 1 saturated heterocycles. The number of hydrogen-bond donors (Lipinski definition) is 1. The van der Waals surface area contributed by atoms with Gasteiger partial charge in [-0.25, -0.2) is 4.79 Å². The first-order valence-corrected chi connectivity index (χ1v) is 9.46. The molecule has 1 aliphatic heterocycles. The monoisotopic (exact) mass is 364 g/mol. The third-order valence-corrected chi connectivity index (χ3v) is 5.20. The Labute approximate surface area is 158 Å². The minimum atomic E-state index is -0.370. The molecule has 6 heteroatoms. The third-order valence-electron chi connectivity index (χ3n) is 5.20. The molecule has 0 bridgehead atoms. The van der Waals surface area contributed by atoms with Crippen molar-refractivity contribution >= 4 is 16.9 Å². The number of aromatic nitrogens is 3. The van der Waals surface area contributed by atoms with E-state index < -0.39 is 0 Å². The summed E-state index contributed by atoms with van der Waals surface area (Å²) in [6.45, 7) is 4.20. The summed E-state index contributed by atoms with van der Waals surface area (Å²) in [5, 5.41) is 4.56. The van der Waals surface area contributed by atoms with E-state index in [4.69, 9.17) is 4.74 Å². The number of ether oxygens (including phenoxy) is 1. The van der Waals surface area contributed by atoms with Crippen molar-refractivity contribution in [3.8, 4) is 11.4 Å². The Kier molecular flexibility index (Phi) is 4.90. The van der Waals surface area contributed by atoms with Gasteiger partial charge in [0.1, 0.15) is 0 Å². The Morgan fingerprint density at radius 1 is 1.30 bits per heavy atom. The van der Waals surface area contributed by atoms with Crippen molar-refractivity contribution < 1.29 is 9.53 Å². The third kappa shape index (κ3) is 3.32. The van der Waals surface area contributed by atoms with Crippen molar-refractivity contribution in [1.29, 1.82) is 0 Å². The Morgan fingerprint density at radius 3 is 2.81 bits per heavy atom. The maximum atomic E-state index is 11.8. The van der Waals surface area contributed by atoms with Gasteiger partial charge in [-0.15, -0.1) is 0 Å². The molecular formula is C21H24N4O2. The van der Waals surface area contributed by atoms with E-state index >= 15 is 0 Å². The van der Waals surface area contributed by atoms with Crippen molar-refractivity contribution in [2.45, 2.75) is 32.2 Å². The molecular weight excluding hydrogens is 340 g/mol. The number of rotatable bonds is 6. The van der Waals surface area contributed by atoms with Gasteiger partial charge in [0.05, 0.1) is 35.6 Å². The van der Waals surface area contributed by atoms with Crippen LogP contribution in [0.4, 0.5) is 0 Å². The average Bonchev–Trinajstić information content (AvgIpc) is 3.02. The molecule has 3 aromatic rings. The number of pyridine rings is 2. The summed E-state index contributed by atoms with van der Waals surface area (Å²) < 4.78 is 7.18. The largest absolute Gasteiger partial charge is 0.465 e. The lowest BCUT2D eigenvalue weighted by Gasteiger charge is -2.29. The molecule has 0 aliphatic carbocycles. The molecule has 0 atom stereocenters. The molecule has 27 heavy (non-hydrogen) atoms. The van der Waals surface area contributed by atoms with E-state index in [2.05, 4.69) is 39.0 Å². The summed E-state index contributed by atoms with van der Waals surface area (Å²) in [6, 6.07) is 5.95. The van der Waals surface area contributed by atoms with Crippen LogP contribution >= 0.6 is 0 Å². The van der Waals surface area contributed by atoms with E-state index in [1.807, 2.05) is 6.20 Å². The van der Waals surface area contributed by atoms with Crippen molar-refractivity contribution in [2.75, 3.05) is 20.2 Å². The van der Waals surface area contributed by atoms with Crippen LogP contribution in [0.3, 0.4) is 0 Å². The quantitative estimate of drug-likeness (QED) is 0.679. The van der Waals surface area contributed by atoms with Crippen LogP contribution in [0.5, 0.6) is 0 Å². The lowest BCUT2D eigenvalue weighted by atomic mass is 10.1. The summed E-state index contributed by atoms with van der Waals surface area (Å²) in [5.41, 5.74) is 4.46. The van der Waals surface area contributed by atoms with Crippen LogP contribution in [0, 0.1) is 0 Å². The molecule has 6 nitrogen and oxygen atoms in total.